The molecule has 4 aromatic rings. The molecule has 0 bridgehead atoms. The molecule has 0 unspecified atom stereocenters. The van der Waals surface area contributed by atoms with Gasteiger partial charge in [-0.2, -0.15) is 9.97 Å². The van der Waals surface area contributed by atoms with E-state index in [0.29, 0.717) is 18.3 Å². The molecule has 2 aromatic heterocycles. The fourth-order valence-corrected chi connectivity index (χ4v) is 3.34. The molecule has 0 saturated heterocycles. The maximum atomic E-state index is 9.93. The van der Waals surface area contributed by atoms with Crippen molar-refractivity contribution in [1.29, 1.82) is 0 Å². The zero-order valence-corrected chi connectivity index (χ0v) is 17.2. The minimum absolute atomic E-state index is 0.0678. The molecule has 3 N–H and O–H groups in total. The van der Waals surface area contributed by atoms with Crippen LogP contribution in [0.4, 0.5) is 11.8 Å². The summed E-state index contributed by atoms with van der Waals surface area (Å²) in [6.07, 6.45) is 1.79. The SMILES string of the molecule is CC(C)n1cnc2c(NCc3ccccc3)nc(N[C@H](CO)c3ccccc3)nc21. The second-order valence-corrected chi connectivity index (χ2v) is 7.44. The number of nitrogens with zero attached hydrogens (tertiary/aromatic N) is 4. The molecule has 0 fully saturated rings. The van der Waals surface area contributed by atoms with Crippen LogP contribution < -0.4 is 10.6 Å². The van der Waals surface area contributed by atoms with Crippen LogP contribution in [0.5, 0.6) is 0 Å². The molecule has 2 aromatic carbocycles. The van der Waals surface area contributed by atoms with Crippen molar-refractivity contribution in [3.8, 4) is 0 Å². The summed E-state index contributed by atoms with van der Waals surface area (Å²) in [4.78, 5) is 13.9. The zero-order valence-electron chi connectivity index (χ0n) is 17.2. The van der Waals surface area contributed by atoms with Gasteiger partial charge in [-0.25, -0.2) is 4.98 Å². The van der Waals surface area contributed by atoms with Gasteiger partial charge in [0.15, 0.2) is 17.0 Å². The molecule has 0 saturated carbocycles. The summed E-state index contributed by atoms with van der Waals surface area (Å²) in [5.74, 6) is 1.11. The minimum Gasteiger partial charge on any atom is -0.394 e. The number of fused-ring (bicyclic) bond motifs is 1. The Morgan fingerprint density at radius 3 is 2.33 bits per heavy atom. The molecule has 7 nitrogen and oxygen atoms in total. The van der Waals surface area contributed by atoms with Crippen molar-refractivity contribution in [2.24, 2.45) is 0 Å². The number of nitrogens with one attached hydrogen (secondary N) is 2. The van der Waals surface area contributed by atoms with Crippen LogP contribution in [0.2, 0.25) is 0 Å². The Morgan fingerprint density at radius 1 is 0.967 bits per heavy atom. The third-order valence-corrected chi connectivity index (χ3v) is 4.97. The Kier molecular flexibility index (Phi) is 5.90. The molecule has 0 radical (unpaired) electrons. The van der Waals surface area contributed by atoms with E-state index < -0.39 is 0 Å². The van der Waals surface area contributed by atoms with E-state index in [1.807, 2.05) is 53.1 Å². The van der Waals surface area contributed by atoms with E-state index in [4.69, 9.17) is 4.98 Å². The van der Waals surface area contributed by atoms with Crippen LogP contribution in [0, 0.1) is 0 Å². The van der Waals surface area contributed by atoms with Gasteiger partial charge < -0.3 is 20.3 Å². The third kappa shape index (κ3) is 4.26. The summed E-state index contributed by atoms with van der Waals surface area (Å²) in [6, 6.07) is 19.8. The molecule has 30 heavy (non-hydrogen) atoms. The normalized spacial score (nSPS) is 12.3. The molecule has 0 aliphatic rings. The van der Waals surface area contributed by atoms with Crippen molar-refractivity contribution >= 4 is 22.9 Å². The van der Waals surface area contributed by atoms with Crippen molar-refractivity contribution in [3.05, 3.63) is 78.1 Å². The number of aliphatic hydroxyl groups is 1. The Hall–Kier alpha value is -3.45. The van der Waals surface area contributed by atoms with Crippen molar-refractivity contribution in [2.45, 2.75) is 32.5 Å². The molecule has 0 spiro atoms. The van der Waals surface area contributed by atoms with E-state index in [0.717, 1.165) is 22.3 Å². The van der Waals surface area contributed by atoms with Gasteiger partial charge in [-0.15, -0.1) is 0 Å². The molecule has 0 aliphatic heterocycles. The highest BCUT2D eigenvalue weighted by Gasteiger charge is 2.17. The molecule has 2 heterocycles. The average Bonchev–Trinajstić information content (AvgIpc) is 3.21. The van der Waals surface area contributed by atoms with Crippen LogP contribution in [0.1, 0.15) is 37.1 Å². The number of hydrogen-bond acceptors (Lipinski definition) is 6. The first-order chi connectivity index (χ1) is 14.7. The molecular formula is C23H26N6O. The van der Waals surface area contributed by atoms with Crippen molar-refractivity contribution in [2.75, 3.05) is 17.2 Å². The van der Waals surface area contributed by atoms with E-state index in [1.165, 1.54) is 0 Å². The first kappa shape index (κ1) is 19.8. The standard InChI is InChI=1S/C23H26N6O/c1-16(2)29-15-25-20-21(24-13-17-9-5-3-6-10-17)27-23(28-22(20)29)26-19(14-30)18-11-7-4-8-12-18/h3-12,15-16,19,30H,13-14H2,1-2H3,(H2,24,26,27,28)/t19-/m1/s1. The molecule has 4 rings (SSSR count). The van der Waals surface area contributed by atoms with Gasteiger partial charge >= 0.3 is 0 Å². The zero-order chi connectivity index (χ0) is 20.9. The van der Waals surface area contributed by atoms with Gasteiger partial charge in [-0.3, -0.25) is 0 Å². The predicted octanol–water partition coefficient (Wildman–Crippen LogP) is 4.16. The number of hydrogen-bond donors (Lipinski definition) is 3. The van der Waals surface area contributed by atoms with Gasteiger partial charge in [0.25, 0.3) is 0 Å². The maximum absolute atomic E-state index is 9.93. The van der Waals surface area contributed by atoms with Crippen molar-refractivity contribution < 1.29 is 5.11 Å². The fraction of sp³-hybridized carbons (Fsp3) is 0.261. The topological polar surface area (TPSA) is 87.9 Å². The van der Waals surface area contributed by atoms with Gasteiger partial charge in [-0.1, -0.05) is 60.7 Å². The van der Waals surface area contributed by atoms with Gasteiger partial charge in [0.1, 0.15) is 0 Å². The average molecular weight is 403 g/mol. The van der Waals surface area contributed by atoms with Gasteiger partial charge in [0.05, 0.1) is 19.0 Å². The molecular weight excluding hydrogens is 376 g/mol. The predicted molar refractivity (Wildman–Crippen MR) is 119 cm³/mol. The van der Waals surface area contributed by atoms with E-state index >= 15 is 0 Å². The van der Waals surface area contributed by atoms with Crippen LogP contribution in [0.25, 0.3) is 11.2 Å². The minimum atomic E-state index is -0.305. The lowest BCUT2D eigenvalue weighted by Crippen LogP contribution is -2.17. The summed E-state index contributed by atoms with van der Waals surface area (Å²) < 4.78 is 2.02. The van der Waals surface area contributed by atoms with Gasteiger partial charge in [0, 0.05) is 12.6 Å². The van der Waals surface area contributed by atoms with Crippen LogP contribution >= 0.6 is 0 Å². The van der Waals surface area contributed by atoms with Gasteiger partial charge in [-0.05, 0) is 25.0 Å². The summed E-state index contributed by atoms with van der Waals surface area (Å²) in [5.41, 5.74) is 3.60. The van der Waals surface area contributed by atoms with Crippen LogP contribution in [-0.2, 0) is 6.54 Å². The highest BCUT2D eigenvalue weighted by atomic mass is 16.3. The first-order valence-electron chi connectivity index (χ1n) is 10.1. The summed E-state index contributed by atoms with van der Waals surface area (Å²) in [7, 11) is 0. The Labute approximate surface area is 175 Å². The number of aliphatic hydroxyl groups excluding tert-OH is 1. The second kappa shape index (κ2) is 8.92. The number of aromatic nitrogens is 4. The lowest BCUT2D eigenvalue weighted by atomic mass is 10.1. The lowest BCUT2D eigenvalue weighted by molar-refractivity contribution is 0.276. The third-order valence-electron chi connectivity index (χ3n) is 4.97. The smallest absolute Gasteiger partial charge is 0.227 e. The van der Waals surface area contributed by atoms with Crippen molar-refractivity contribution in [1.82, 2.24) is 19.5 Å². The Balaban J connectivity index is 1.69. The molecule has 1 atom stereocenters. The highest BCUT2D eigenvalue weighted by molar-refractivity contribution is 5.84. The Morgan fingerprint density at radius 2 is 1.67 bits per heavy atom. The molecule has 154 valence electrons. The van der Waals surface area contributed by atoms with E-state index in [1.54, 1.807) is 6.33 Å². The number of imidazole rings is 1. The van der Waals surface area contributed by atoms with Crippen LogP contribution in [0.3, 0.4) is 0 Å². The monoisotopic (exact) mass is 402 g/mol. The summed E-state index contributed by atoms with van der Waals surface area (Å²) in [5, 5.41) is 16.6. The lowest BCUT2D eigenvalue weighted by Gasteiger charge is -2.18. The van der Waals surface area contributed by atoms with Gasteiger partial charge in [0.2, 0.25) is 5.95 Å². The molecule has 0 aliphatic carbocycles. The fourth-order valence-electron chi connectivity index (χ4n) is 3.34. The van der Waals surface area contributed by atoms with E-state index in [2.05, 4.69) is 46.6 Å². The number of rotatable bonds is 8. The number of benzene rings is 2. The van der Waals surface area contributed by atoms with E-state index in [-0.39, 0.29) is 18.7 Å². The maximum Gasteiger partial charge on any atom is 0.227 e. The quantitative estimate of drug-likeness (QED) is 0.410. The Bertz CT molecular complexity index is 1090. The van der Waals surface area contributed by atoms with Crippen molar-refractivity contribution in [3.63, 3.8) is 0 Å². The second-order valence-electron chi connectivity index (χ2n) is 7.44. The molecule has 0 amide bonds. The number of anilines is 2. The highest BCUT2D eigenvalue weighted by Crippen LogP contribution is 2.25. The van der Waals surface area contributed by atoms with E-state index in [9.17, 15) is 5.11 Å². The van der Waals surface area contributed by atoms with Crippen LogP contribution in [0.15, 0.2) is 67.0 Å². The summed E-state index contributed by atoms with van der Waals surface area (Å²) >= 11 is 0. The largest absolute Gasteiger partial charge is 0.394 e. The summed E-state index contributed by atoms with van der Waals surface area (Å²) in [6.45, 7) is 4.74. The molecule has 7 heteroatoms. The first-order valence-corrected chi connectivity index (χ1v) is 10.1. The van der Waals surface area contributed by atoms with Crippen LogP contribution in [-0.4, -0.2) is 31.2 Å².